The third-order valence-corrected chi connectivity index (χ3v) is 4.28. The summed E-state index contributed by atoms with van der Waals surface area (Å²) >= 11 is 3.44. The molecule has 6 nitrogen and oxygen atoms in total. The van der Waals surface area contributed by atoms with Crippen molar-refractivity contribution < 1.29 is 19.1 Å². The van der Waals surface area contributed by atoms with Crippen LogP contribution in [0.1, 0.15) is 26.3 Å². The predicted octanol–water partition coefficient (Wildman–Crippen LogP) is 3.22. The molecule has 1 saturated heterocycles. The molecule has 3 rings (SSSR count). The van der Waals surface area contributed by atoms with Gasteiger partial charge in [-0.3, -0.25) is 4.90 Å². The molecule has 0 aromatic heterocycles. The van der Waals surface area contributed by atoms with Crippen LogP contribution < -0.4 is 10.2 Å². The molecule has 23 heavy (non-hydrogen) atoms. The van der Waals surface area contributed by atoms with Crippen LogP contribution in [0.3, 0.4) is 0 Å². The number of benzene rings is 1. The Morgan fingerprint density at radius 1 is 1.48 bits per heavy atom. The molecular weight excluding hydrogens is 364 g/mol. The second-order valence-corrected chi connectivity index (χ2v) is 7.64. The van der Waals surface area contributed by atoms with Gasteiger partial charge in [0.2, 0.25) is 0 Å². The fourth-order valence-corrected chi connectivity index (χ4v) is 3.33. The molecule has 2 aliphatic heterocycles. The summed E-state index contributed by atoms with van der Waals surface area (Å²) in [5.41, 5.74) is 1.42. The van der Waals surface area contributed by atoms with Crippen LogP contribution in [0.2, 0.25) is 0 Å². The number of halogens is 1. The molecule has 2 atom stereocenters. The minimum absolute atomic E-state index is 0.0956. The Morgan fingerprint density at radius 2 is 2.22 bits per heavy atom. The van der Waals surface area contributed by atoms with E-state index in [1.165, 1.54) is 0 Å². The maximum Gasteiger partial charge on any atom is 0.415 e. The van der Waals surface area contributed by atoms with Gasteiger partial charge in [-0.05, 0) is 51.0 Å². The van der Waals surface area contributed by atoms with E-state index in [9.17, 15) is 9.59 Å². The first kappa shape index (κ1) is 16.1. The molecule has 0 radical (unpaired) electrons. The number of rotatable bonds is 2. The summed E-state index contributed by atoms with van der Waals surface area (Å²) in [6.45, 7) is 5.64. The summed E-state index contributed by atoms with van der Waals surface area (Å²) in [5.74, 6) is 0. The average Bonchev–Trinajstić information content (AvgIpc) is 2.92. The first-order valence-electron chi connectivity index (χ1n) is 7.50. The smallest absolute Gasteiger partial charge is 0.415 e. The number of cyclic esters (lactones) is 1. The summed E-state index contributed by atoms with van der Waals surface area (Å²) in [6.07, 6.45) is -0.556. The van der Waals surface area contributed by atoms with E-state index in [0.717, 1.165) is 15.7 Å². The monoisotopic (exact) mass is 382 g/mol. The quantitative estimate of drug-likeness (QED) is 0.852. The van der Waals surface area contributed by atoms with E-state index in [2.05, 4.69) is 21.2 Å². The third-order valence-electron chi connectivity index (χ3n) is 3.79. The second kappa shape index (κ2) is 5.70. The minimum atomic E-state index is -0.557. The molecule has 0 bridgehead atoms. The number of fused-ring (bicyclic) bond motifs is 3. The fraction of sp³-hybridized carbons (Fsp3) is 0.500. The number of anilines is 1. The van der Waals surface area contributed by atoms with Gasteiger partial charge in [0.05, 0.1) is 18.3 Å². The highest BCUT2D eigenvalue weighted by Gasteiger charge is 2.47. The molecule has 0 spiro atoms. The molecule has 0 aliphatic carbocycles. The van der Waals surface area contributed by atoms with Crippen molar-refractivity contribution in [3.05, 3.63) is 28.2 Å². The Bertz CT molecular complexity index is 656. The van der Waals surface area contributed by atoms with Crippen molar-refractivity contribution in [3.63, 3.8) is 0 Å². The molecule has 1 aromatic rings. The molecule has 1 N–H and O–H groups in total. The Balaban J connectivity index is 1.66. The number of alkyl carbamates (subject to hydrolysis) is 1. The summed E-state index contributed by atoms with van der Waals surface area (Å²) < 4.78 is 11.6. The van der Waals surface area contributed by atoms with Gasteiger partial charge in [-0.2, -0.15) is 0 Å². The van der Waals surface area contributed by atoms with Crippen molar-refractivity contribution >= 4 is 33.8 Å². The minimum Gasteiger partial charge on any atom is -0.444 e. The molecule has 2 heterocycles. The van der Waals surface area contributed by atoms with Crippen LogP contribution in [0, 0.1) is 0 Å². The largest absolute Gasteiger partial charge is 0.444 e. The van der Waals surface area contributed by atoms with Crippen LogP contribution in [0.15, 0.2) is 22.7 Å². The molecule has 0 saturated carbocycles. The van der Waals surface area contributed by atoms with E-state index in [-0.39, 0.29) is 24.8 Å². The molecule has 124 valence electrons. The van der Waals surface area contributed by atoms with Gasteiger partial charge in [0.25, 0.3) is 0 Å². The van der Waals surface area contributed by atoms with Gasteiger partial charge in [0.1, 0.15) is 11.7 Å². The number of carbonyl (C=O) groups excluding carboxylic acids is 2. The van der Waals surface area contributed by atoms with Crippen molar-refractivity contribution in [2.24, 2.45) is 0 Å². The van der Waals surface area contributed by atoms with Crippen molar-refractivity contribution in [1.82, 2.24) is 5.32 Å². The van der Waals surface area contributed by atoms with Crippen LogP contribution >= 0.6 is 15.9 Å². The molecule has 1 fully saturated rings. The van der Waals surface area contributed by atoms with E-state index < -0.39 is 11.7 Å². The molecule has 7 heteroatoms. The number of amides is 2. The summed E-state index contributed by atoms with van der Waals surface area (Å²) in [7, 11) is 0. The van der Waals surface area contributed by atoms with Gasteiger partial charge >= 0.3 is 12.2 Å². The highest BCUT2D eigenvalue weighted by Crippen LogP contribution is 2.39. The van der Waals surface area contributed by atoms with Crippen LogP contribution in [0.4, 0.5) is 15.3 Å². The Hall–Kier alpha value is -1.76. The van der Waals surface area contributed by atoms with E-state index in [4.69, 9.17) is 9.47 Å². The van der Waals surface area contributed by atoms with Gasteiger partial charge in [-0.15, -0.1) is 0 Å². The number of carbonyl (C=O) groups is 2. The number of nitrogens with one attached hydrogen (secondary N) is 1. The maximum absolute atomic E-state index is 12.1. The van der Waals surface area contributed by atoms with Crippen molar-refractivity contribution in [1.29, 1.82) is 0 Å². The van der Waals surface area contributed by atoms with Gasteiger partial charge in [-0.25, -0.2) is 9.59 Å². The van der Waals surface area contributed by atoms with E-state index >= 15 is 0 Å². The van der Waals surface area contributed by atoms with E-state index in [1.54, 1.807) is 25.7 Å². The number of hydrogen-bond donors (Lipinski definition) is 1. The first-order chi connectivity index (χ1) is 10.7. The Kier molecular flexibility index (Phi) is 4.00. The number of ether oxygens (including phenoxy) is 2. The Labute approximate surface area is 143 Å². The molecule has 1 aromatic carbocycles. The van der Waals surface area contributed by atoms with Crippen LogP contribution in [-0.2, 0) is 15.9 Å². The van der Waals surface area contributed by atoms with E-state index in [0.29, 0.717) is 6.42 Å². The molecule has 2 aliphatic rings. The third kappa shape index (κ3) is 3.29. The predicted molar refractivity (Wildman–Crippen MR) is 88.6 cm³/mol. The highest BCUT2D eigenvalue weighted by atomic mass is 79.9. The zero-order valence-corrected chi connectivity index (χ0v) is 14.8. The lowest BCUT2D eigenvalue weighted by Crippen LogP contribution is -2.42. The summed E-state index contributed by atoms with van der Waals surface area (Å²) in [5, 5.41) is 2.68. The van der Waals surface area contributed by atoms with Crippen LogP contribution in [-0.4, -0.2) is 36.5 Å². The van der Waals surface area contributed by atoms with Crippen molar-refractivity contribution in [3.8, 4) is 0 Å². The first-order valence-corrected chi connectivity index (χ1v) is 8.29. The van der Waals surface area contributed by atoms with Crippen LogP contribution in [0.5, 0.6) is 0 Å². The van der Waals surface area contributed by atoms with Crippen molar-refractivity contribution in [2.75, 3.05) is 11.4 Å². The van der Waals surface area contributed by atoms with Crippen molar-refractivity contribution in [2.45, 2.75) is 44.9 Å². The number of hydrogen-bond acceptors (Lipinski definition) is 4. The lowest BCUT2D eigenvalue weighted by molar-refractivity contribution is 0.0489. The Morgan fingerprint density at radius 3 is 2.91 bits per heavy atom. The topological polar surface area (TPSA) is 67.9 Å². The zero-order chi connectivity index (χ0) is 16.8. The SMILES string of the molecule is CC(C)(C)OC(=O)NC[C@H]1OC(=O)N2c3ccc(Br)cc3C[C@@H]12. The molecule has 2 amide bonds. The fourth-order valence-electron chi connectivity index (χ4n) is 2.92. The standard InChI is InChI=1S/C16H19BrN2O4/c1-16(2,3)23-14(20)18-8-13-12-7-9-6-10(17)4-5-11(9)19(12)15(21)22-13/h4-6,12-13H,7-8H2,1-3H3,(H,18,20)/t12-,13+/m0/s1. The summed E-state index contributed by atoms with van der Waals surface area (Å²) in [4.78, 5) is 25.6. The summed E-state index contributed by atoms with van der Waals surface area (Å²) in [6, 6.07) is 5.73. The van der Waals surface area contributed by atoms with Gasteiger partial charge in [0.15, 0.2) is 0 Å². The maximum atomic E-state index is 12.1. The van der Waals surface area contributed by atoms with Gasteiger partial charge < -0.3 is 14.8 Å². The second-order valence-electron chi connectivity index (χ2n) is 6.72. The van der Waals surface area contributed by atoms with Crippen LogP contribution in [0.25, 0.3) is 0 Å². The lowest BCUT2D eigenvalue weighted by atomic mass is 10.1. The average molecular weight is 383 g/mol. The highest BCUT2D eigenvalue weighted by molar-refractivity contribution is 9.10. The van der Waals surface area contributed by atoms with Gasteiger partial charge in [0, 0.05) is 4.47 Å². The molecule has 0 unspecified atom stereocenters. The van der Waals surface area contributed by atoms with Gasteiger partial charge in [-0.1, -0.05) is 15.9 Å². The normalized spacial score (nSPS) is 22.4. The molecular formula is C16H19BrN2O4. The lowest BCUT2D eigenvalue weighted by Gasteiger charge is -2.21. The van der Waals surface area contributed by atoms with E-state index in [1.807, 2.05) is 18.2 Å². The number of nitrogens with zero attached hydrogens (tertiary/aromatic N) is 1. The zero-order valence-electron chi connectivity index (χ0n) is 13.3.